The molecule has 0 saturated carbocycles. The van der Waals surface area contributed by atoms with Crippen LogP contribution in [0.5, 0.6) is 11.5 Å². The Bertz CT molecular complexity index is 1330. The van der Waals surface area contributed by atoms with E-state index in [0.29, 0.717) is 31.0 Å². The van der Waals surface area contributed by atoms with E-state index in [4.69, 9.17) is 9.47 Å². The average Bonchev–Trinajstić information content (AvgIpc) is 2.90. The third-order valence-corrected chi connectivity index (χ3v) is 7.60. The van der Waals surface area contributed by atoms with Crippen LogP contribution in [0.15, 0.2) is 48.5 Å². The van der Waals surface area contributed by atoms with Gasteiger partial charge in [-0.15, -0.1) is 0 Å². The number of sulfonamides is 1. The lowest BCUT2D eigenvalue weighted by Gasteiger charge is -2.39. The van der Waals surface area contributed by atoms with Gasteiger partial charge in [-0.2, -0.15) is 0 Å². The maximum absolute atomic E-state index is 13.1. The fourth-order valence-electron chi connectivity index (χ4n) is 4.84. The summed E-state index contributed by atoms with van der Waals surface area (Å²) in [7, 11) is -3.40. The summed E-state index contributed by atoms with van der Waals surface area (Å²) in [4.78, 5) is 42.1. The molecule has 3 amide bonds. The second-order valence-corrected chi connectivity index (χ2v) is 11.9. The smallest absolute Gasteiger partial charge is 0.239 e. The monoisotopic (exact) mass is 572 g/mol. The third kappa shape index (κ3) is 8.51. The van der Waals surface area contributed by atoms with Gasteiger partial charge in [-0.3, -0.25) is 14.4 Å². The minimum Gasteiger partial charge on any atom is -0.457 e. The van der Waals surface area contributed by atoms with Crippen LogP contribution in [0.2, 0.25) is 0 Å². The molecule has 1 saturated heterocycles. The maximum atomic E-state index is 13.1. The molecule has 2 atom stereocenters. The van der Waals surface area contributed by atoms with Crippen LogP contribution in [0.25, 0.3) is 0 Å². The predicted octanol–water partition coefficient (Wildman–Crippen LogP) is 1.43. The van der Waals surface area contributed by atoms with Crippen LogP contribution in [-0.2, 0) is 42.2 Å². The Morgan fingerprint density at radius 2 is 1.80 bits per heavy atom. The molecule has 2 aliphatic rings. The molecule has 2 aromatic rings. The van der Waals surface area contributed by atoms with Gasteiger partial charge in [0.1, 0.15) is 11.5 Å². The first kappa shape index (κ1) is 29.5. The molecule has 2 aliphatic heterocycles. The molecule has 2 N–H and O–H groups in total. The zero-order valence-electron chi connectivity index (χ0n) is 22.8. The second-order valence-electron chi connectivity index (χ2n) is 10.0. The summed E-state index contributed by atoms with van der Waals surface area (Å²) in [5.41, 5.74) is 1.66. The van der Waals surface area contributed by atoms with Crippen LogP contribution in [-0.4, -0.2) is 87.1 Å². The molecule has 11 nitrogen and oxygen atoms in total. The minimum absolute atomic E-state index is 0.000367. The summed E-state index contributed by atoms with van der Waals surface area (Å²) >= 11 is 0. The zero-order valence-corrected chi connectivity index (χ0v) is 23.6. The molecule has 0 spiro atoms. The summed E-state index contributed by atoms with van der Waals surface area (Å²) in [5.74, 6) is 0.497. The van der Waals surface area contributed by atoms with Crippen LogP contribution < -0.4 is 14.8 Å². The SMILES string of the molecule is CCN1CC(=O)N[C@H]2CN(C(=O)CCNS(C)(=O)=O)CC[C@@H]2OCc2cccc(c2)Oc2cccc(c2)CC1=O. The molecule has 2 aromatic carbocycles. The fourth-order valence-corrected chi connectivity index (χ4v) is 5.32. The molecule has 40 heavy (non-hydrogen) atoms. The van der Waals surface area contributed by atoms with Crippen molar-refractivity contribution in [1.82, 2.24) is 19.8 Å². The van der Waals surface area contributed by atoms with Crippen LogP contribution in [0, 0.1) is 0 Å². The van der Waals surface area contributed by atoms with E-state index in [9.17, 15) is 22.8 Å². The van der Waals surface area contributed by atoms with E-state index in [0.717, 1.165) is 17.4 Å². The quantitative estimate of drug-likeness (QED) is 0.554. The number of likely N-dealkylation sites (tertiary alicyclic amines) is 1. The first-order chi connectivity index (χ1) is 19.1. The van der Waals surface area contributed by atoms with Crippen molar-refractivity contribution < 1.29 is 32.3 Å². The van der Waals surface area contributed by atoms with Crippen LogP contribution >= 0.6 is 0 Å². The zero-order chi connectivity index (χ0) is 28.7. The van der Waals surface area contributed by atoms with Gasteiger partial charge >= 0.3 is 0 Å². The van der Waals surface area contributed by atoms with E-state index >= 15 is 0 Å². The second kappa shape index (κ2) is 13.2. The molecular weight excluding hydrogens is 536 g/mol. The van der Waals surface area contributed by atoms with Crippen molar-refractivity contribution >= 4 is 27.7 Å². The molecule has 216 valence electrons. The predicted molar refractivity (Wildman–Crippen MR) is 148 cm³/mol. The number of amides is 3. The summed E-state index contributed by atoms with van der Waals surface area (Å²) in [6, 6.07) is 14.3. The van der Waals surface area contributed by atoms with E-state index in [1.807, 2.05) is 55.5 Å². The van der Waals surface area contributed by atoms with E-state index in [1.54, 1.807) is 4.90 Å². The van der Waals surface area contributed by atoms with Crippen molar-refractivity contribution in [1.29, 1.82) is 0 Å². The number of rotatable bonds is 5. The number of likely N-dealkylation sites (N-methyl/N-ethyl adjacent to an activating group) is 1. The number of carbonyl (C=O) groups is 3. The highest BCUT2D eigenvalue weighted by atomic mass is 32.2. The fraction of sp³-hybridized carbons (Fsp3) is 0.464. The number of piperidine rings is 1. The minimum atomic E-state index is -3.40. The third-order valence-electron chi connectivity index (χ3n) is 6.87. The first-order valence-corrected chi connectivity index (χ1v) is 15.3. The van der Waals surface area contributed by atoms with Crippen molar-refractivity contribution in [3.63, 3.8) is 0 Å². The van der Waals surface area contributed by atoms with E-state index in [1.165, 1.54) is 4.90 Å². The van der Waals surface area contributed by atoms with Gasteiger partial charge in [0.2, 0.25) is 27.7 Å². The van der Waals surface area contributed by atoms with Crippen molar-refractivity contribution in [2.24, 2.45) is 0 Å². The van der Waals surface area contributed by atoms with Gasteiger partial charge in [0.05, 0.1) is 38.0 Å². The first-order valence-electron chi connectivity index (χ1n) is 13.4. The van der Waals surface area contributed by atoms with E-state index in [2.05, 4.69) is 10.0 Å². The Balaban J connectivity index is 1.53. The normalized spacial score (nSPS) is 20.6. The van der Waals surface area contributed by atoms with E-state index in [-0.39, 0.29) is 62.9 Å². The number of hydrogen-bond donors (Lipinski definition) is 2. The van der Waals surface area contributed by atoms with Gasteiger partial charge in [-0.1, -0.05) is 24.3 Å². The maximum Gasteiger partial charge on any atom is 0.239 e. The van der Waals surface area contributed by atoms with Gasteiger partial charge in [0, 0.05) is 32.6 Å². The molecule has 0 unspecified atom stereocenters. The van der Waals surface area contributed by atoms with Crippen molar-refractivity contribution in [2.45, 2.75) is 44.9 Å². The van der Waals surface area contributed by atoms with Crippen molar-refractivity contribution in [3.05, 3.63) is 59.7 Å². The molecule has 0 aliphatic carbocycles. The Hall–Kier alpha value is -3.48. The van der Waals surface area contributed by atoms with Gasteiger partial charge in [0.25, 0.3) is 0 Å². The van der Waals surface area contributed by atoms with E-state index < -0.39 is 16.1 Å². The highest BCUT2D eigenvalue weighted by molar-refractivity contribution is 7.88. The van der Waals surface area contributed by atoms with Gasteiger partial charge in [-0.25, -0.2) is 13.1 Å². The highest BCUT2D eigenvalue weighted by Gasteiger charge is 2.33. The molecule has 12 heteroatoms. The Kier molecular flexibility index (Phi) is 9.77. The lowest BCUT2D eigenvalue weighted by atomic mass is 10.0. The standard InChI is InChI=1S/C28H36N4O7S/c1-3-31-18-26(33)30-24-17-32(27(34)10-12-29-40(2,36)37)13-11-25(24)38-19-21-7-5-9-23(15-21)39-22-8-4-6-20(14-22)16-28(31)35/h4-9,14-15,24-25,29H,3,10-13,16-19H2,1-2H3,(H,30,33)/t24-,25-/m0/s1. The lowest BCUT2D eigenvalue weighted by molar-refractivity contribution is -0.139. The summed E-state index contributed by atoms with van der Waals surface area (Å²) in [5, 5.41) is 2.99. The summed E-state index contributed by atoms with van der Waals surface area (Å²) in [6.07, 6.45) is 1.28. The number of ether oxygens (including phenoxy) is 2. The molecule has 1 fully saturated rings. The summed E-state index contributed by atoms with van der Waals surface area (Å²) in [6.45, 7) is 2.95. The number of fused-ring (bicyclic) bond motifs is 5. The molecular formula is C28H36N4O7S. The van der Waals surface area contributed by atoms with Gasteiger partial charge in [-0.05, 0) is 48.7 Å². The van der Waals surface area contributed by atoms with Crippen molar-refractivity contribution in [3.8, 4) is 11.5 Å². The van der Waals surface area contributed by atoms with Gasteiger partial charge < -0.3 is 24.6 Å². The summed E-state index contributed by atoms with van der Waals surface area (Å²) < 4.78 is 37.3. The molecule has 2 heterocycles. The molecule has 4 rings (SSSR count). The molecule has 0 radical (unpaired) electrons. The van der Waals surface area contributed by atoms with Crippen LogP contribution in [0.1, 0.15) is 30.9 Å². The van der Waals surface area contributed by atoms with Crippen LogP contribution in [0.4, 0.5) is 0 Å². The number of benzene rings is 2. The largest absolute Gasteiger partial charge is 0.457 e. The lowest BCUT2D eigenvalue weighted by Crippen LogP contribution is -2.58. The topological polar surface area (TPSA) is 134 Å². The Morgan fingerprint density at radius 1 is 1.10 bits per heavy atom. The van der Waals surface area contributed by atoms with Crippen molar-refractivity contribution in [2.75, 3.05) is 39.0 Å². The number of nitrogens with zero attached hydrogens (tertiary/aromatic N) is 2. The van der Waals surface area contributed by atoms with Gasteiger partial charge in [0.15, 0.2) is 0 Å². The molecule has 0 aromatic heterocycles. The average molecular weight is 573 g/mol. The number of carbonyl (C=O) groups excluding carboxylic acids is 3. The highest BCUT2D eigenvalue weighted by Crippen LogP contribution is 2.25. The van der Waals surface area contributed by atoms with Crippen LogP contribution in [0.3, 0.4) is 0 Å². The Morgan fingerprint density at radius 3 is 2.50 bits per heavy atom. The Labute approximate surface area is 234 Å². The number of nitrogens with one attached hydrogen (secondary N) is 2. The number of hydrogen-bond acceptors (Lipinski definition) is 7. The molecule has 4 bridgehead atoms.